The summed E-state index contributed by atoms with van der Waals surface area (Å²) >= 11 is 0. The Bertz CT molecular complexity index is 1250. The summed E-state index contributed by atoms with van der Waals surface area (Å²) in [5, 5.41) is 5.74. The molecule has 0 spiro atoms. The first-order valence-corrected chi connectivity index (χ1v) is 12.7. The second-order valence-electron chi connectivity index (χ2n) is 9.18. The van der Waals surface area contributed by atoms with Gasteiger partial charge in [-0.3, -0.25) is 4.79 Å². The maximum atomic E-state index is 12.5. The van der Waals surface area contributed by atoms with E-state index < -0.39 is 6.09 Å². The zero-order chi connectivity index (χ0) is 25.5. The standard InChI is InChI=1S/C32H30N2O3/c35-31(34-21-29(23-11-3-1-4-12-23)24-13-5-2-6-14-24)19-20-33-32(36)37-22-30-27-17-9-7-15-25(27)26-16-8-10-18-28(26)30/h1-18,29-30H,19-22H2,(H,33,36)(H,34,35). The predicted molar refractivity (Wildman–Crippen MR) is 145 cm³/mol. The van der Waals surface area contributed by atoms with Crippen LogP contribution in [-0.4, -0.2) is 31.7 Å². The van der Waals surface area contributed by atoms with Crippen LogP contribution < -0.4 is 10.6 Å². The van der Waals surface area contributed by atoms with Crippen LogP contribution in [0.4, 0.5) is 4.79 Å². The first-order chi connectivity index (χ1) is 18.2. The number of hydrogen-bond acceptors (Lipinski definition) is 3. The molecule has 1 aliphatic carbocycles. The third-order valence-electron chi connectivity index (χ3n) is 6.87. The highest BCUT2D eigenvalue weighted by atomic mass is 16.5. The molecule has 0 bridgehead atoms. The summed E-state index contributed by atoms with van der Waals surface area (Å²) < 4.78 is 5.55. The first-order valence-electron chi connectivity index (χ1n) is 12.7. The highest BCUT2D eigenvalue weighted by Crippen LogP contribution is 2.44. The Hall–Kier alpha value is -4.38. The Balaban J connectivity index is 1.10. The van der Waals surface area contributed by atoms with Gasteiger partial charge in [-0.15, -0.1) is 0 Å². The van der Waals surface area contributed by atoms with Crippen LogP contribution in [0, 0.1) is 0 Å². The maximum absolute atomic E-state index is 12.5. The molecule has 0 aromatic heterocycles. The average molecular weight is 491 g/mol. The van der Waals surface area contributed by atoms with Gasteiger partial charge in [0.1, 0.15) is 6.61 Å². The van der Waals surface area contributed by atoms with Crippen molar-refractivity contribution >= 4 is 12.0 Å². The monoisotopic (exact) mass is 490 g/mol. The quantitative estimate of drug-likeness (QED) is 0.309. The van der Waals surface area contributed by atoms with Gasteiger partial charge >= 0.3 is 6.09 Å². The number of alkyl carbamates (subject to hydrolysis) is 1. The Labute approximate surface area is 217 Å². The number of hydrogen-bond donors (Lipinski definition) is 2. The lowest BCUT2D eigenvalue weighted by atomic mass is 9.91. The fraction of sp³-hybridized carbons (Fsp3) is 0.188. The molecule has 0 aliphatic heterocycles. The number of fused-ring (bicyclic) bond motifs is 3. The molecule has 37 heavy (non-hydrogen) atoms. The van der Waals surface area contributed by atoms with Gasteiger partial charge in [-0.2, -0.15) is 0 Å². The van der Waals surface area contributed by atoms with Gasteiger partial charge in [-0.1, -0.05) is 109 Å². The van der Waals surface area contributed by atoms with Crippen molar-refractivity contribution in [3.8, 4) is 11.1 Å². The SMILES string of the molecule is O=C(CCNC(=O)OCC1c2ccccc2-c2ccccc21)NCC(c1ccccc1)c1ccccc1. The summed E-state index contributed by atoms with van der Waals surface area (Å²) in [5.74, 6) is -0.0494. The van der Waals surface area contributed by atoms with Crippen LogP contribution in [0.3, 0.4) is 0 Å². The number of ether oxygens (including phenoxy) is 1. The summed E-state index contributed by atoms with van der Waals surface area (Å²) in [4.78, 5) is 24.9. The lowest BCUT2D eigenvalue weighted by Gasteiger charge is -2.19. The molecule has 186 valence electrons. The molecule has 0 radical (unpaired) electrons. The smallest absolute Gasteiger partial charge is 0.407 e. The van der Waals surface area contributed by atoms with Gasteiger partial charge in [0.05, 0.1) is 0 Å². The van der Waals surface area contributed by atoms with Crippen molar-refractivity contribution in [3.05, 3.63) is 131 Å². The minimum absolute atomic E-state index is 0.00866. The molecule has 0 fully saturated rings. The van der Waals surface area contributed by atoms with E-state index in [1.165, 1.54) is 22.3 Å². The average Bonchev–Trinajstić information content (AvgIpc) is 3.27. The Kier molecular flexibility index (Phi) is 7.60. The number of carbonyl (C=O) groups excluding carboxylic acids is 2. The van der Waals surface area contributed by atoms with Gasteiger partial charge in [0, 0.05) is 31.3 Å². The molecule has 0 saturated heterocycles. The van der Waals surface area contributed by atoms with Gasteiger partial charge in [0.15, 0.2) is 0 Å². The lowest BCUT2D eigenvalue weighted by molar-refractivity contribution is -0.120. The zero-order valence-electron chi connectivity index (χ0n) is 20.6. The number of nitrogens with one attached hydrogen (secondary N) is 2. The third-order valence-corrected chi connectivity index (χ3v) is 6.87. The third kappa shape index (κ3) is 5.72. The van der Waals surface area contributed by atoms with Crippen molar-refractivity contribution in [1.82, 2.24) is 10.6 Å². The van der Waals surface area contributed by atoms with Crippen LogP contribution >= 0.6 is 0 Å². The van der Waals surface area contributed by atoms with Crippen LogP contribution in [0.25, 0.3) is 11.1 Å². The lowest BCUT2D eigenvalue weighted by Crippen LogP contribution is -2.33. The highest BCUT2D eigenvalue weighted by molar-refractivity contribution is 5.79. The van der Waals surface area contributed by atoms with Crippen LogP contribution in [0.2, 0.25) is 0 Å². The topological polar surface area (TPSA) is 67.4 Å². The number of amides is 2. The summed E-state index contributed by atoms with van der Waals surface area (Å²) in [5.41, 5.74) is 7.00. The van der Waals surface area contributed by atoms with E-state index in [1.54, 1.807) is 0 Å². The van der Waals surface area contributed by atoms with Gasteiger partial charge in [0.25, 0.3) is 0 Å². The van der Waals surface area contributed by atoms with E-state index in [0.29, 0.717) is 6.54 Å². The minimum atomic E-state index is -0.513. The van der Waals surface area contributed by atoms with Gasteiger partial charge in [-0.25, -0.2) is 4.79 Å². The van der Waals surface area contributed by atoms with Gasteiger partial charge in [-0.05, 0) is 33.4 Å². The van der Waals surface area contributed by atoms with E-state index in [4.69, 9.17) is 4.74 Å². The molecule has 2 amide bonds. The van der Waals surface area contributed by atoms with Crippen molar-refractivity contribution in [2.75, 3.05) is 19.7 Å². The van der Waals surface area contributed by atoms with Crippen molar-refractivity contribution in [2.45, 2.75) is 18.3 Å². The van der Waals surface area contributed by atoms with Crippen molar-refractivity contribution in [1.29, 1.82) is 0 Å². The molecule has 5 nitrogen and oxygen atoms in total. The molecular weight excluding hydrogens is 460 g/mol. The van der Waals surface area contributed by atoms with Crippen molar-refractivity contribution in [2.24, 2.45) is 0 Å². The van der Waals surface area contributed by atoms with Crippen molar-refractivity contribution < 1.29 is 14.3 Å². The molecule has 0 heterocycles. The van der Waals surface area contributed by atoms with E-state index in [9.17, 15) is 9.59 Å². The number of carbonyl (C=O) groups is 2. The molecule has 0 atom stereocenters. The molecule has 5 heteroatoms. The predicted octanol–water partition coefficient (Wildman–Crippen LogP) is 5.86. The normalized spacial score (nSPS) is 12.0. The van der Waals surface area contributed by atoms with Crippen LogP contribution in [0.1, 0.15) is 40.5 Å². The molecule has 2 N–H and O–H groups in total. The minimum Gasteiger partial charge on any atom is -0.449 e. The second kappa shape index (κ2) is 11.6. The van der Waals surface area contributed by atoms with Crippen LogP contribution in [0.5, 0.6) is 0 Å². The molecule has 0 saturated carbocycles. The fourth-order valence-corrected chi connectivity index (χ4v) is 5.03. The largest absolute Gasteiger partial charge is 0.449 e. The first kappa shape index (κ1) is 24.3. The van der Waals surface area contributed by atoms with Gasteiger partial charge in [0.2, 0.25) is 5.91 Å². The summed E-state index contributed by atoms with van der Waals surface area (Å²) in [6, 6.07) is 36.7. The van der Waals surface area contributed by atoms with E-state index in [1.807, 2.05) is 60.7 Å². The highest BCUT2D eigenvalue weighted by Gasteiger charge is 2.29. The molecule has 5 rings (SSSR count). The number of benzene rings is 4. The maximum Gasteiger partial charge on any atom is 0.407 e. The van der Waals surface area contributed by atoms with Crippen LogP contribution in [-0.2, 0) is 9.53 Å². The molecule has 1 aliphatic rings. The molecule has 4 aromatic carbocycles. The molecule has 0 unspecified atom stereocenters. The van der Waals surface area contributed by atoms with Crippen molar-refractivity contribution in [3.63, 3.8) is 0 Å². The molecular formula is C32H30N2O3. The Morgan fingerprint density at radius 1 is 0.676 bits per heavy atom. The zero-order valence-corrected chi connectivity index (χ0v) is 20.6. The second-order valence-corrected chi connectivity index (χ2v) is 9.18. The molecule has 4 aromatic rings. The van der Waals surface area contributed by atoms with E-state index in [-0.39, 0.29) is 37.3 Å². The van der Waals surface area contributed by atoms with Crippen LogP contribution in [0.15, 0.2) is 109 Å². The van der Waals surface area contributed by atoms with Gasteiger partial charge < -0.3 is 15.4 Å². The Morgan fingerprint density at radius 3 is 1.76 bits per heavy atom. The Morgan fingerprint density at radius 2 is 1.19 bits per heavy atom. The van der Waals surface area contributed by atoms with E-state index in [0.717, 1.165) is 11.1 Å². The fourth-order valence-electron chi connectivity index (χ4n) is 5.03. The summed E-state index contributed by atoms with van der Waals surface area (Å²) in [6.45, 7) is 0.948. The van der Waals surface area contributed by atoms with E-state index >= 15 is 0 Å². The number of rotatable bonds is 9. The van der Waals surface area contributed by atoms with E-state index in [2.05, 4.69) is 59.2 Å². The summed E-state index contributed by atoms with van der Waals surface area (Å²) in [6.07, 6.45) is -0.332. The summed E-state index contributed by atoms with van der Waals surface area (Å²) in [7, 11) is 0.